The Balaban J connectivity index is 1.97. The number of rotatable bonds is 3. The smallest absolute Gasteiger partial charge is 0.253 e. The highest BCUT2D eigenvalue weighted by Crippen LogP contribution is 2.36. The minimum absolute atomic E-state index is 0.0905. The summed E-state index contributed by atoms with van der Waals surface area (Å²) >= 11 is 1.24. The van der Waals surface area contributed by atoms with Crippen LogP contribution in [0.3, 0.4) is 0 Å². The summed E-state index contributed by atoms with van der Waals surface area (Å²) in [6, 6.07) is 9.74. The van der Waals surface area contributed by atoms with Gasteiger partial charge in [0.1, 0.15) is 10.0 Å². The van der Waals surface area contributed by atoms with Gasteiger partial charge in [-0.2, -0.15) is 4.31 Å². The topological polar surface area (TPSA) is 46.6 Å². The molecule has 1 aliphatic rings. The zero-order chi connectivity index (χ0) is 17.5. The number of hydrogen-bond acceptors (Lipinski definition) is 4. The second-order valence-corrected chi connectivity index (χ2v) is 9.91. The summed E-state index contributed by atoms with van der Waals surface area (Å²) in [6.45, 7) is 5.81. The van der Waals surface area contributed by atoms with Crippen LogP contribution in [-0.2, 0) is 14.8 Å². The van der Waals surface area contributed by atoms with Crippen molar-refractivity contribution in [3.8, 4) is 0 Å². The number of ether oxygens (including phenoxy) is 1. The number of thiophene rings is 1. The molecule has 1 aliphatic heterocycles. The molecule has 0 spiro atoms. The van der Waals surface area contributed by atoms with E-state index >= 15 is 0 Å². The molecular weight excluding hydrogens is 349 g/mol. The Kier molecular flexibility index (Phi) is 4.55. The van der Waals surface area contributed by atoms with E-state index in [2.05, 4.69) is 0 Å². The van der Waals surface area contributed by atoms with E-state index < -0.39 is 21.7 Å². The van der Waals surface area contributed by atoms with Crippen molar-refractivity contribution in [2.75, 3.05) is 13.2 Å². The van der Waals surface area contributed by atoms with E-state index in [1.807, 2.05) is 20.8 Å². The average Bonchev–Trinajstić information content (AvgIpc) is 2.95. The van der Waals surface area contributed by atoms with E-state index in [9.17, 15) is 12.8 Å². The highest BCUT2D eigenvalue weighted by atomic mass is 32.2. The van der Waals surface area contributed by atoms with Gasteiger partial charge in [0.2, 0.25) is 0 Å². The number of nitrogens with zero attached hydrogens (tertiary/aromatic N) is 1. The first-order valence-electron chi connectivity index (χ1n) is 7.67. The fraction of sp³-hybridized carbons (Fsp3) is 0.412. The average molecular weight is 369 g/mol. The Bertz CT molecular complexity index is 845. The highest BCUT2D eigenvalue weighted by Gasteiger charge is 2.44. The Morgan fingerprint density at radius 3 is 2.58 bits per heavy atom. The first kappa shape index (κ1) is 17.5. The second-order valence-electron chi connectivity index (χ2n) is 6.53. The summed E-state index contributed by atoms with van der Waals surface area (Å²) in [5.41, 5.74) is -0.311. The molecule has 7 heteroatoms. The summed E-state index contributed by atoms with van der Waals surface area (Å²) < 4.78 is 47.7. The van der Waals surface area contributed by atoms with Crippen LogP contribution in [0.5, 0.6) is 0 Å². The standard InChI is InChI=1S/C17H20FNO3S2/c1-12-8-9-16(23-12)24(20,21)19-10-15(22-11-17(19,2)3)13-6-4-5-7-14(13)18/h4-9,15H,10-11H2,1-3H3. The molecule has 2 aromatic rings. The summed E-state index contributed by atoms with van der Waals surface area (Å²) in [5, 5.41) is 0. The maximum absolute atomic E-state index is 14.1. The van der Waals surface area contributed by atoms with Gasteiger partial charge in [0.15, 0.2) is 0 Å². The van der Waals surface area contributed by atoms with E-state index in [1.54, 1.807) is 30.3 Å². The van der Waals surface area contributed by atoms with Gasteiger partial charge in [-0.1, -0.05) is 18.2 Å². The zero-order valence-electron chi connectivity index (χ0n) is 13.8. The number of halogens is 1. The van der Waals surface area contributed by atoms with Crippen LogP contribution < -0.4 is 0 Å². The SMILES string of the molecule is Cc1ccc(S(=O)(=O)N2CC(c3ccccc3F)OCC2(C)C)s1. The fourth-order valence-corrected chi connectivity index (χ4v) is 6.00. The molecule has 3 rings (SSSR count). The normalized spacial score (nSPS) is 21.8. The van der Waals surface area contributed by atoms with Crippen molar-refractivity contribution < 1.29 is 17.5 Å². The van der Waals surface area contributed by atoms with E-state index in [0.29, 0.717) is 9.77 Å². The molecule has 24 heavy (non-hydrogen) atoms. The van der Waals surface area contributed by atoms with E-state index in [-0.39, 0.29) is 19.0 Å². The van der Waals surface area contributed by atoms with Gasteiger partial charge >= 0.3 is 0 Å². The third-order valence-corrected chi connectivity index (χ3v) is 7.70. The molecule has 0 N–H and O–H groups in total. The number of morpholine rings is 1. The van der Waals surface area contributed by atoms with E-state index in [0.717, 1.165) is 4.88 Å². The minimum atomic E-state index is -3.65. The van der Waals surface area contributed by atoms with Crippen molar-refractivity contribution in [3.05, 3.63) is 52.7 Å². The van der Waals surface area contributed by atoms with Gasteiger partial charge in [-0.25, -0.2) is 12.8 Å². The first-order chi connectivity index (χ1) is 11.2. The monoisotopic (exact) mass is 369 g/mol. The van der Waals surface area contributed by atoms with Gasteiger partial charge in [-0.15, -0.1) is 11.3 Å². The lowest BCUT2D eigenvalue weighted by atomic mass is 10.0. The first-order valence-corrected chi connectivity index (χ1v) is 9.93. The lowest BCUT2D eigenvalue weighted by molar-refractivity contribution is -0.0667. The van der Waals surface area contributed by atoms with Gasteiger partial charge in [-0.05, 0) is 39.0 Å². The molecule has 0 saturated carbocycles. The molecule has 1 aromatic carbocycles. The van der Waals surface area contributed by atoms with Crippen LogP contribution in [0.1, 0.15) is 30.4 Å². The molecule has 1 fully saturated rings. The van der Waals surface area contributed by atoms with E-state index in [4.69, 9.17) is 4.74 Å². The maximum atomic E-state index is 14.1. The van der Waals surface area contributed by atoms with Crippen LogP contribution in [0.25, 0.3) is 0 Å². The largest absolute Gasteiger partial charge is 0.370 e. The molecule has 0 bridgehead atoms. The molecule has 0 amide bonds. The molecule has 130 valence electrons. The number of hydrogen-bond donors (Lipinski definition) is 0. The molecule has 1 aromatic heterocycles. The van der Waals surface area contributed by atoms with Crippen LogP contribution in [0.4, 0.5) is 4.39 Å². The van der Waals surface area contributed by atoms with Crippen molar-refractivity contribution >= 4 is 21.4 Å². The Morgan fingerprint density at radius 1 is 1.25 bits per heavy atom. The van der Waals surface area contributed by atoms with Gasteiger partial charge in [0.25, 0.3) is 10.0 Å². The number of sulfonamides is 1. The summed E-state index contributed by atoms with van der Waals surface area (Å²) in [7, 11) is -3.65. The molecule has 1 unspecified atom stereocenters. The molecule has 0 aliphatic carbocycles. The summed E-state index contributed by atoms with van der Waals surface area (Å²) in [6.07, 6.45) is -0.616. The van der Waals surface area contributed by atoms with Crippen molar-refractivity contribution in [3.63, 3.8) is 0 Å². The van der Waals surface area contributed by atoms with Gasteiger partial charge in [0.05, 0.1) is 18.2 Å². The van der Waals surface area contributed by atoms with Gasteiger partial charge < -0.3 is 4.74 Å². The second kappa shape index (κ2) is 6.22. The van der Waals surface area contributed by atoms with Crippen LogP contribution in [-0.4, -0.2) is 31.4 Å². The number of aryl methyl sites for hydroxylation is 1. The van der Waals surface area contributed by atoms with Gasteiger partial charge in [-0.3, -0.25) is 0 Å². The maximum Gasteiger partial charge on any atom is 0.253 e. The van der Waals surface area contributed by atoms with Gasteiger partial charge in [0, 0.05) is 17.0 Å². The molecule has 1 atom stereocenters. The van der Waals surface area contributed by atoms with Crippen LogP contribution in [0.2, 0.25) is 0 Å². The Morgan fingerprint density at radius 2 is 1.96 bits per heavy atom. The summed E-state index contributed by atoms with van der Waals surface area (Å²) in [5.74, 6) is -0.383. The predicted molar refractivity (Wildman–Crippen MR) is 92.1 cm³/mol. The Labute approximate surface area is 145 Å². The van der Waals surface area contributed by atoms with Crippen molar-refractivity contribution in [2.24, 2.45) is 0 Å². The molecule has 4 nitrogen and oxygen atoms in total. The molecule has 2 heterocycles. The van der Waals surface area contributed by atoms with E-state index in [1.165, 1.54) is 21.7 Å². The van der Waals surface area contributed by atoms with Crippen LogP contribution in [0.15, 0.2) is 40.6 Å². The number of benzene rings is 1. The van der Waals surface area contributed by atoms with Crippen molar-refractivity contribution in [1.82, 2.24) is 4.31 Å². The Hall–Kier alpha value is -1.28. The van der Waals surface area contributed by atoms with Crippen LogP contribution >= 0.6 is 11.3 Å². The minimum Gasteiger partial charge on any atom is -0.370 e. The lowest BCUT2D eigenvalue weighted by Crippen LogP contribution is -2.56. The highest BCUT2D eigenvalue weighted by molar-refractivity contribution is 7.91. The van der Waals surface area contributed by atoms with Crippen molar-refractivity contribution in [2.45, 2.75) is 36.6 Å². The third kappa shape index (κ3) is 3.13. The third-order valence-electron chi connectivity index (χ3n) is 4.16. The zero-order valence-corrected chi connectivity index (χ0v) is 15.5. The summed E-state index contributed by atoms with van der Waals surface area (Å²) in [4.78, 5) is 0.935. The molecule has 1 saturated heterocycles. The van der Waals surface area contributed by atoms with Crippen LogP contribution in [0, 0.1) is 12.7 Å². The quantitative estimate of drug-likeness (QED) is 0.828. The molecular formula is C17H20FNO3S2. The van der Waals surface area contributed by atoms with Crippen molar-refractivity contribution in [1.29, 1.82) is 0 Å². The molecule has 0 radical (unpaired) electrons. The predicted octanol–water partition coefficient (Wildman–Crippen LogP) is 3.74. The lowest BCUT2D eigenvalue weighted by Gasteiger charge is -2.44. The fourth-order valence-electron chi connectivity index (χ4n) is 2.83.